The highest BCUT2D eigenvalue weighted by atomic mass is 16.5. The fourth-order valence-corrected chi connectivity index (χ4v) is 2.37. The zero-order valence-electron chi connectivity index (χ0n) is 11.8. The fraction of sp³-hybridized carbons (Fsp3) is 0.846. The van der Waals surface area contributed by atoms with Gasteiger partial charge in [0.05, 0.1) is 31.7 Å². The number of hydrogen-bond donors (Lipinski definition) is 2. The molecule has 0 aromatic carbocycles. The minimum Gasteiger partial charge on any atom is -0.469 e. The fourth-order valence-electron chi connectivity index (χ4n) is 2.37. The summed E-state index contributed by atoms with van der Waals surface area (Å²) < 4.78 is 4.59. The number of carbonyl (C=O) groups is 2. The van der Waals surface area contributed by atoms with Crippen molar-refractivity contribution < 1.29 is 24.5 Å². The van der Waals surface area contributed by atoms with Gasteiger partial charge >= 0.3 is 5.97 Å². The maximum absolute atomic E-state index is 12.3. The molecule has 1 rings (SSSR count). The third-order valence-corrected chi connectivity index (χ3v) is 3.64. The van der Waals surface area contributed by atoms with E-state index in [-0.39, 0.29) is 24.9 Å². The Morgan fingerprint density at radius 2 is 2.11 bits per heavy atom. The highest BCUT2D eigenvalue weighted by molar-refractivity contribution is 5.86. The summed E-state index contributed by atoms with van der Waals surface area (Å²) in [5.74, 6) is -0.627. The van der Waals surface area contributed by atoms with Crippen molar-refractivity contribution in [1.29, 1.82) is 0 Å². The van der Waals surface area contributed by atoms with Crippen LogP contribution >= 0.6 is 0 Å². The SMILES string of the molecule is COC(=O)CC(C)(C)C(=O)N1CCC(C(O)CO)C1. The second-order valence-electron chi connectivity index (χ2n) is 5.69. The van der Waals surface area contributed by atoms with Crippen LogP contribution in [0.3, 0.4) is 0 Å². The molecule has 6 nitrogen and oxygen atoms in total. The number of amides is 1. The molecule has 0 saturated carbocycles. The average molecular weight is 273 g/mol. The zero-order chi connectivity index (χ0) is 14.6. The van der Waals surface area contributed by atoms with Crippen LogP contribution in [0.4, 0.5) is 0 Å². The molecule has 110 valence electrons. The van der Waals surface area contributed by atoms with Crippen LogP contribution in [0, 0.1) is 11.3 Å². The van der Waals surface area contributed by atoms with E-state index in [0.29, 0.717) is 19.5 Å². The highest BCUT2D eigenvalue weighted by Crippen LogP contribution is 2.28. The number of hydrogen-bond acceptors (Lipinski definition) is 5. The summed E-state index contributed by atoms with van der Waals surface area (Å²) in [5.41, 5.74) is -0.813. The van der Waals surface area contributed by atoms with E-state index >= 15 is 0 Å². The Hall–Kier alpha value is -1.14. The number of methoxy groups -OCH3 is 1. The van der Waals surface area contributed by atoms with E-state index < -0.39 is 17.5 Å². The van der Waals surface area contributed by atoms with E-state index in [4.69, 9.17) is 5.11 Å². The number of aliphatic hydroxyl groups excluding tert-OH is 2. The molecule has 0 radical (unpaired) electrons. The van der Waals surface area contributed by atoms with Crippen LogP contribution in [0.5, 0.6) is 0 Å². The molecule has 0 aromatic rings. The Bertz CT molecular complexity index is 342. The van der Waals surface area contributed by atoms with E-state index in [1.807, 2.05) is 0 Å². The normalized spacial score (nSPS) is 21.3. The first kappa shape index (κ1) is 15.9. The van der Waals surface area contributed by atoms with Crippen molar-refractivity contribution in [2.45, 2.75) is 32.8 Å². The number of ether oxygens (including phenoxy) is 1. The van der Waals surface area contributed by atoms with Crippen LogP contribution in [0.25, 0.3) is 0 Å². The molecule has 2 atom stereocenters. The molecule has 0 aromatic heterocycles. The van der Waals surface area contributed by atoms with Crippen molar-refractivity contribution in [3.05, 3.63) is 0 Å². The maximum Gasteiger partial charge on any atom is 0.306 e. The van der Waals surface area contributed by atoms with Gasteiger partial charge in [0, 0.05) is 19.0 Å². The Morgan fingerprint density at radius 1 is 1.47 bits per heavy atom. The van der Waals surface area contributed by atoms with Crippen LogP contribution in [-0.4, -0.2) is 59.9 Å². The molecule has 0 spiro atoms. The minimum atomic E-state index is -0.813. The van der Waals surface area contributed by atoms with Gasteiger partial charge in [-0.2, -0.15) is 0 Å². The molecule has 1 aliphatic rings. The van der Waals surface area contributed by atoms with Crippen molar-refractivity contribution in [1.82, 2.24) is 4.90 Å². The van der Waals surface area contributed by atoms with E-state index in [9.17, 15) is 14.7 Å². The molecule has 6 heteroatoms. The van der Waals surface area contributed by atoms with Crippen molar-refractivity contribution in [3.63, 3.8) is 0 Å². The second kappa shape index (κ2) is 6.34. The summed E-state index contributed by atoms with van der Waals surface area (Å²) in [6.07, 6.45) is -0.0881. The maximum atomic E-state index is 12.3. The quantitative estimate of drug-likeness (QED) is 0.676. The molecule has 2 N–H and O–H groups in total. The molecule has 19 heavy (non-hydrogen) atoms. The van der Waals surface area contributed by atoms with Crippen molar-refractivity contribution in [2.75, 3.05) is 26.8 Å². The summed E-state index contributed by atoms with van der Waals surface area (Å²) in [5, 5.41) is 18.5. The number of aliphatic hydroxyl groups is 2. The van der Waals surface area contributed by atoms with Gasteiger partial charge < -0.3 is 19.8 Å². The summed E-state index contributed by atoms with van der Waals surface area (Å²) in [4.78, 5) is 25.3. The molecule has 1 aliphatic heterocycles. The van der Waals surface area contributed by atoms with Crippen LogP contribution in [0.15, 0.2) is 0 Å². The molecular weight excluding hydrogens is 250 g/mol. The highest BCUT2D eigenvalue weighted by Gasteiger charge is 2.39. The van der Waals surface area contributed by atoms with Crippen LogP contribution in [0.1, 0.15) is 26.7 Å². The second-order valence-corrected chi connectivity index (χ2v) is 5.69. The zero-order valence-corrected chi connectivity index (χ0v) is 11.8. The average Bonchev–Trinajstić information content (AvgIpc) is 2.85. The predicted molar refractivity (Wildman–Crippen MR) is 68.2 cm³/mol. The van der Waals surface area contributed by atoms with Gasteiger partial charge in [0.1, 0.15) is 0 Å². The van der Waals surface area contributed by atoms with Gasteiger partial charge in [-0.15, -0.1) is 0 Å². The van der Waals surface area contributed by atoms with Gasteiger partial charge in [0.25, 0.3) is 0 Å². The Labute approximate surface area is 113 Å². The smallest absolute Gasteiger partial charge is 0.306 e. The lowest BCUT2D eigenvalue weighted by molar-refractivity contribution is -0.150. The standard InChI is InChI=1S/C13H23NO5/c1-13(2,6-11(17)19-3)12(18)14-5-4-9(7-14)10(16)8-15/h9-10,15-16H,4-8H2,1-3H3. The summed E-state index contributed by atoms with van der Waals surface area (Å²) in [6.45, 7) is 4.10. The summed E-state index contributed by atoms with van der Waals surface area (Å²) in [6, 6.07) is 0. The lowest BCUT2D eigenvalue weighted by atomic mass is 9.87. The Kier molecular flexibility index (Phi) is 5.31. The Balaban J connectivity index is 2.61. The number of rotatable bonds is 5. The Morgan fingerprint density at radius 3 is 2.63 bits per heavy atom. The first-order valence-corrected chi connectivity index (χ1v) is 6.47. The van der Waals surface area contributed by atoms with Crippen molar-refractivity contribution in [2.24, 2.45) is 11.3 Å². The minimum absolute atomic E-state index is 0.0338. The lowest BCUT2D eigenvalue weighted by Gasteiger charge is -2.28. The van der Waals surface area contributed by atoms with Gasteiger partial charge in [-0.05, 0) is 6.42 Å². The third kappa shape index (κ3) is 3.91. The lowest BCUT2D eigenvalue weighted by Crippen LogP contribution is -2.41. The van der Waals surface area contributed by atoms with E-state index in [2.05, 4.69) is 4.74 Å². The molecule has 0 bridgehead atoms. The number of carbonyl (C=O) groups excluding carboxylic acids is 2. The molecule has 1 amide bonds. The number of nitrogens with zero attached hydrogens (tertiary/aromatic N) is 1. The van der Waals surface area contributed by atoms with Crippen LogP contribution in [0.2, 0.25) is 0 Å². The van der Waals surface area contributed by atoms with Crippen molar-refractivity contribution in [3.8, 4) is 0 Å². The predicted octanol–water partition coefficient (Wildman–Crippen LogP) is -0.223. The molecule has 2 unspecified atom stereocenters. The first-order chi connectivity index (χ1) is 8.81. The summed E-state index contributed by atoms with van der Waals surface area (Å²) in [7, 11) is 1.30. The van der Waals surface area contributed by atoms with E-state index in [0.717, 1.165) is 0 Å². The number of esters is 1. The number of likely N-dealkylation sites (tertiary alicyclic amines) is 1. The topological polar surface area (TPSA) is 87.1 Å². The molecule has 1 saturated heterocycles. The van der Waals surface area contributed by atoms with Gasteiger partial charge in [-0.25, -0.2) is 0 Å². The molecule has 0 aliphatic carbocycles. The molecular formula is C13H23NO5. The van der Waals surface area contributed by atoms with E-state index in [1.165, 1.54) is 7.11 Å². The molecule has 1 heterocycles. The van der Waals surface area contributed by atoms with Crippen LogP contribution < -0.4 is 0 Å². The van der Waals surface area contributed by atoms with E-state index in [1.54, 1.807) is 18.7 Å². The van der Waals surface area contributed by atoms with Gasteiger partial charge in [0.15, 0.2) is 0 Å². The summed E-state index contributed by atoms with van der Waals surface area (Å²) >= 11 is 0. The van der Waals surface area contributed by atoms with Gasteiger partial charge in [-0.1, -0.05) is 13.8 Å². The van der Waals surface area contributed by atoms with Gasteiger partial charge in [0.2, 0.25) is 5.91 Å². The molecule has 1 fully saturated rings. The first-order valence-electron chi connectivity index (χ1n) is 6.47. The third-order valence-electron chi connectivity index (χ3n) is 3.64. The van der Waals surface area contributed by atoms with Crippen LogP contribution in [-0.2, 0) is 14.3 Å². The largest absolute Gasteiger partial charge is 0.469 e. The van der Waals surface area contributed by atoms with Gasteiger partial charge in [-0.3, -0.25) is 9.59 Å². The van der Waals surface area contributed by atoms with Crippen molar-refractivity contribution >= 4 is 11.9 Å². The monoisotopic (exact) mass is 273 g/mol.